The Bertz CT molecular complexity index is 887. The average Bonchev–Trinajstić information content (AvgIpc) is 3.14. The van der Waals surface area contributed by atoms with E-state index >= 15 is 0 Å². The van der Waals surface area contributed by atoms with Crippen molar-refractivity contribution in [3.63, 3.8) is 0 Å². The molecule has 25 heavy (non-hydrogen) atoms. The van der Waals surface area contributed by atoms with E-state index in [0.29, 0.717) is 18.9 Å². The highest BCUT2D eigenvalue weighted by Gasteiger charge is 2.29. The molecule has 1 fully saturated rings. The Labute approximate surface area is 147 Å². The smallest absolute Gasteiger partial charge is 0.223 e. The summed E-state index contributed by atoms with van der Waals surface area (Å²) in [7, 11) is 2.01. The molecule has 1 aliphatic heterocycles. The lowest BCUT2D eigenvalue weighted by Gasteiger charge is -2.17. The number of aromatic nitrogens is 2. The van der Waals surface area contributed by atoms with Gasteiger partial charge >= 0.3 is 0 Å². The molecule has 0 aliphatic carbocycles. The molecule has 1 saturated heterocycles. The number of nitrogens with zero attached hydrogens (tertiary/aromatic N) is 3. The van der Waals surface area contributed by atoms with Crippen molar-refractivity contribution in [2.75, 3.05) is 18.4 Å². The Morgan fingerprint density at radius 2 is 1.88 bits per heavy atom. The molecule has 5 heteroatoms. The number of benzene rings is 2. The largest absolute Gasteiger partial charge is 0.355 e. The fourth-order valence-electron chi connectivity index (χ4n) is 3.49. The van der Waals surface area contributed by atoms with Crippen molar-refractivity contribution in [1.29, 1.82) is 0 Å². The SMILES string of the molecule is Cn1c(NC[C@H]2CC(=O)N(Cc3ccccc3)C2)nc2ccccc21. The number of carbonyl (C=O) groups excluding carboxylic acids is 1. The van der Waals surface area contributed by atoms with Gasteiger partial charge in [0.15, 0.2) is 0 Å². The predicted molar refractivity (Wildman–Crippen MR) is 99.2 cm³/mol. The Balaban J connectivity index is 1.38. The number of hydrogen-bond donors (Lipinski definition) is 1. The van der Waals surface area contributed by atoms with Crippen LogP contribution >= 0.6 is 0 Å². The molecular weight excluding hydrogens is 312 g/mol. The van der Waals surface area contributed by atoms with Gasteiger partial charge < -0.3 is 14.8 Å². The van der Waals surface area contributed by atoms with Gasteiger partial charge in [-0.05, 0) is 17.7 Å². The van der Waals surface area contributed by atoms with Gasteiger partial charge in [-0.2, -0.15) is 0 Å². The van der Waals surface area contributed by atoms with Crippen molar-refractivity contribution in [1.82, 2.24) is 14.5 Å². The molecule has 4 rings (SSSR count). The van der Waals surface area contributed by atoms with E-state index in [-0.39, 0.29) is 5.91 Å². The van der Waals surface area contributed by atoms with Gasteiger partial charge in [-0.3, -0.25) is 4.79 Å². The Kier molecular flexibility index (Phi) is 4.14. The van der Waals surface area contributed by atoms with Gasteiger partial charge in [0.2, 0.25) is 11.9 Å². The quantitative estimate of drug-likeness (QED) is 0.780. The average molecular weight is 334 g/mol. The zero-order valence-corrected chi connectivity index (χ0v) is 14.4. The van der Waals surface area contributed by atoms with Crippen LogP contribution in [0.15, 0.2) is 54.6 Å². The van der Waals surface area contributed by atoms with E-state index in [1.165, 1.54) is 5.56 Å². The number of likely N-dealkylation sites (tertiary alicyclic amines) is 1. The summed E-state index contributed by atoms with van der Waals surface area (Å²) in [6.45, 7) is 2.25. The second-order valence-corrected chi connectivity index (χ2v) is 6.69. The van der Waals surface area contributed by atoms with Crippen molar-refractivity contribution in [3.8, 4) is 0 Å². The van der Waals surface area contributed by atoms with Crippen LogP contribution in [0, 0.1) is 5.92 Å². The van der Waals surface area contributed by atoms with Crippen molar-refractivity contribution in [3.05, 3.63) is 60.2 Å². The summed E-state index contributed by atoms with van der Waals surface area (Å²) in [5.41, 5.74) is 3.28. The molecule has 1 amide bonds. The minimum atomic E-state index is 0.237. The highest BCUT2D eigenvalue weighted by Crippen LogP contribution is 2.22. The van der Waals surface area contributed by atoms with Crippen LogP contribution in [0.3, 0.4) is 0 Å². The van der Waals surface area contributed by atoms with Gasteiger partial charge in [0.05, 0.1) is 11.0 Å². The molecule has 3 aromatic rings. The number of fused-ring (bicyclic) bond motifs is 1. The Morgan fingerprint density at radius 1 is 1.12 bits per heavy atom. The first-order chi connectivity index (χ1) is 12.2. The maximum atomic E-state index is 12.3. The molecule has 1 aliphatic rings. The first kappa shape index (κ1) is 15.7. The topological polar surface area (TPSA) is 50.2 Å². The zero-order valence-electron chi connectivity index (χ0n) is 14.4. The second kappa shape index (κ2) is 6.59. The highest BCUT2D eigenvalue weighted by molar-refractivity contribution is 5.79. The van der Waals surface area contributed by atoms with Crippen LogP contribution < -0.4 is 5.32 Å². The van der Waals surface area contributed by atoms with Gasteiger partial charge in [0, 0.05) is 39.0 Å². The monoisotopic (exact) mass is 334 g/mol. The minimum absolute atomic E-state index is 0.237. The minimum Gasteiger partial charge on any atom is -0.355 e. The summed E-state index contributed by atoms with van der Waals surface area (Å²) < 4.78 is 2.06. The molecule has 5 nitrogen and oxygen atoms in total. The molecule has 128 valence electrons. The summed E-state index contributed by atoms with van der Waals surface area (Å²) in [6.07, 6.45) is 0.601. The standard InChI is InChI=1S/C20H22N4O/c1-23-18-10-6-5-9-17(18)22-20(23)21-12-16-11-19(25)24(14-16)13-15-7-3-2-4-8-15/h2-10,16H,11-14H2,1H3,(H,21,22)/t16-/m1/s1. The van der Waals surface area contributed by atoms with Crippen molar-refractivity contribution < 1.29 is 4.79 Å². The predicted octanol–water partition coefficient (Wildman–Crippen LogP) is 3.03. The van der Waals surface area contributed by atoms with E-state index in [1.54, 1.807) is 0 Å². The summed E-state index contributed by atoms with van der Waals surface area (Å²) in [5.74, 6) is 1.41. The third-order valence-corrected chi connectivity index (χ3v) is 4.85. The van der Waals surface area contributed by atoms with Crippen LogP contribution in [0.5, 0.6) is 0 Å². The molecular formula is C20H22N4O. The molecule has 2 heterocycles. The normalized spacial score (nSPS) is 17.4. The molecule has 1 atom stereocenters. The number of aryl methyl sites for hydroxylation is 1. The van der Waals surface area contributed by atoms with Crippen LogP contribution in [-0.4, -0.2) is 33.4 Å². The zero-order chi connectivity index (χ0) is 17.2. The summed E-state index contributed by atoms with van der Waals surface area (Å²) >= 11 is 0. The Morgan fingerprint density at radius 3 is 2.68 bits per heavy atom. The van der Waals surface area contributed by atoms with Crippen LogP contribution in [0.2, 0.25) is 0 Å². The van der Waals surface area contributed by atoms with Gasteiger partial charge in [-0.25, -0.2) is 4.98 Å². The van der Waals surface area contributed by atoms with Crippen LogP contribution in [0.1, 0.15) is 12.0 Å². The van der Waals surface area contributed by atoms with E-state index in [1.807, 2.05) is 48.3 Å². The Hall–Kier alpha value is -2.82. The first-order valence-corrected chi connectivity index (χ1v) is 8.68. The molecule has 1 N–H and O–H groups in total. The van der Waals surface area contributed by atoms with Crippen molar-refractivity contribution >= 4 is 22.9 Å². The maximum Gasteiger partial charge on any atom is 0.223 e. The fraction of sp³-hybridized carbons (Fsp3) is 0.300. The van der Waals surface area contributed by atoms with E-state index in [2.05, 4.69) is 33.1 Å². The fourth-order valence-corrected chi connectivity index (χ4v) is 3.49. The first-order valence-electron chi connectivity index (χ1n) is 8.68. The number of rotatable bonds is 5. The lowest BCUT2D eigenvalue weighted by molar-refractivity contribution is -0.128. The molecule has 0 bridgehead atoms. The lowest BCUT2D eigenvalue weighted by Crippen LogP contribution is -2.25. The van der Waals surface area contributed by atoms with E-state index in [9.17, 15) is 4.79 Å². The van der Waals surface area contributed by atoms with Crippen LogP contribution in [-0.2, 0) is 18.4 Å². The number of carbonyl (C=O) groups is 1. The summed E-state index contributed by atoms with van der Waals surface area (Å²) in [5, 5.41) is 3.42. The lowest BCUT2D eigenvalue weighted by atomic mass is 10.1. The van der Waals surface area contributed by atoms with E-state index in [0.717, 1.165) is 30.1 Å². The van der Waals surface area contributed by atoms with Gasteiger partial charge in [-0.15, -0.1) is 0 Å². The molecule has 1 aromatic heterocycles. The van der Waals surface area contributed by atoms with Gasteiger partial charge in [0.1, 0.15) is 0 Å². The molecule has 0 unspecified atom stereocenters. The van der Waals surface area contributed by atoms with E-state index < -0.39 is 0 Å². The van der Waals surface area contributed by atoms with Gasteiger partial charge in [0.25, 0.3) is 0 Å². The number of amides is 1. The number of hydrogen-bond acceptors (Lipinski definition) is 3. The molecule has 0 spiro atoms. The van der Waals surface area contributed by atoms with Crippen molar-refractivity contribution in [2.24, 2.45) is 13.0 Å². The molecule has 2 aromatic carbocycles. The van der Waals surface area contributed by atoms with E-state index in [4.69, 9.17) is 0 Å². The third-order valence-electron chi connectivity index (χ3n) is 4.85. The van der Waals surface area contributed by atoms with Crippen LogP contribution in [0.25, 0.3) is 11.0 Å². The number of imidazole rings is 1. The highest BCUT2D eigenvalue weighted by atomic mass is 16.2. The third kappa shape index (κ3) is 3.22. The number of nitrogens with one attached hydrogen (secondary N) is 1. The summed E-state index contributed by atoms with van der Waals surface area (Å²) in [6, 6.07) is 18.3. The van der Waals surface area contributed by atoms with Crippen molar-refractivity contribution in [2.45, 2.75) is 13.0 Å². The van der Waals surface area contributed by atoms with Crippen LogP contribution in [0.4, 0.5) is 5.95 Å². The molecule has 0 radical (unpaired) electrons. The number of para-hydroxylation sites is 2. The van der Waals surface area contributed by atoms with Gasteiger partial charge in [-0.1, -0.05) is 42.5 Å². The second-order valence-electron chi connectivity index (χ2n) is 6.69. The molecule has 0 saturated carbocycles. The summed E-state index contributed by atoms with van der Waals surface area (Å²) in [4.78, 5) is 18.9. The number of anilines is 1. The maximum absolute atomic E-state index is 12.3.